The minimum atomic E-state index is -0.385. The Hall–Kier alpha value is -2.21. The number of hydrogen-bond donors (Lipinski definition) is 0. The molecule has 0 radical (unpaired) electrons. The lowest BCUT2D eigenvalue weighted by Crippen LogP contribution is -2.30. The molecule has 134 valence electrons. The minimum absolute atomic E-state index is 0.0230. The lowest BCUT2D eigenvalue weighted by molar-refractivity contribution is -0.118. The normalized spacial score (nSPS) is 10.5. The highest BCUT2D eigenvalue weighted by molar-refractivity contribution is 7.17. The number of rotatable bonds is 8. The molecule has 0 spiro atoms. The number of carbonyl (C=O) groups excluding carboxylic acids is 2. The number of nitrogens with zero attached hydrogens (tertiary/aromatic N) is 2. The molecule has 1 heterocycles. The molecule has 0 bridgehead atoms. The van der Waals surface area contributed by atoms with Gasteiger partial charge in [-0.2, -0.15) is 0 Å². The van der Waals surface area contributed by atoms with Gasteiger partial charge in [0.05, 0.1) is 18.8 Å². The zero-order chi connectivity index (χ0) is 18.2. The van der Waals surface area contributed by atoms with E-state index in [1.54, 1.807) is 18.7 Å². The summed E-state index contributed by atoms with van der Waals surface area (Å²) in [7, 11) is 0. The molecule has 0 aliphatic carbocycles. The molecule has 0 unspecified atom stereocenters. The molecule has 2 rings (SSSR count). The van der Waals surface area contributed by atoms with E-state index >= 15 is 0 Å². The molecular formula is C19H24N2O3S. The quantitative estimate of drug-likeness (QED) is 0.657. The van der Waals surface area contributed by atoms with Crippen molar-refractivity contribution in [1.29, 1.82) is 0 Å². The fourth-order valence-corrected chi connectivity index (χ4v) is 3.35. The van der Waals surface area contributed by atoms with E-state index in [0.717, 1.165) is 18.4 Å². The Labute approximate surface area is 152 Å². The summed E-state index contributed by atoms with van der Waals surface area (Å²) < 4.78 is 5.07. The largest absolute Gasteiger partial charge is 0.462 e. The fraction of sp³-hybridized carbons (Fsp3) is 0.421. The minimum Gasteiger partial charge on any atom is -0.462 e. The maximum atomic E-state index is 12.7. The standard InChI is InChI=1S/C19H24N2O3S/c1-4-6-12-16(22)21(13-15-10-8-7-9-11-15)19-20-14(3)17(25-19)18(23)24-5-2/h7-11H,4-6,12-13H2,1-3H3. The molecule has 6 heteroatoms. The van der Waals surface area contributed by atoms with E-state index in [2.05, 4.69) is 11.9 Å². The summed E-state index contributed by atoms with van der Waals surface area (Å²) in [6, 6.07) is 9.79. The summed E-state index contributed by atoms with van der Waals surface area (Å²) in [5.74, 6) is -0.362. The van der Waals surface area contributed by atoms with E-state index in [4.69, 9.17) is 4.74 Å². The van der Waals surface area contributed by atoms with Gasteiger partial charge in [-0.3, -0.25) is 9.69 Å². The van der Waals surface area contributed by atoms with E-state index in [-0.39, 0.29) is 11.9 Å². The number of aryl methyl sites for hydroxylation is 1. The van der Waals surface area contributed by atoms with Crippen LogP contribution in [0.15, 0.2) is 30.3 Å². The Bertz CT molecular complexity index is 713. The summed E-state index contributed by atoms with van der Waals surface area (Å²) in [5, 5.41) is 0.547. The van der Waals surface area contributed by atoms with Gasteiger partial charge in [0.2, 0.25) is 5.91 Å². The Morgan fingerprint density at radius 3 is 2.56 bits per heavy atom. The van der Waals surface area contributed by atoms with Gasteiger partial charge < -0.3 is 4.74 Å². The number of unbranched alkanes of at least 4 members (excludes halogenated alkanes) is 1. The van der Waals surface area contributed by atoms with Crippen molar-refractivity contribution in [1.82, 2.24) is 4.98 Å². The van der Waals surface area contributed by atoms with Crippen molar-refractivity contribution < 1.29 is 14.3 Å². The van der Waals surface area contributed by atoms with Gasteiger partial charge in [-0.15, -0.1) is 0 Å². The zero-order valence-corrected chi connectivity index (χ0v) is 15.8. The third-order valence-electron chi connectivity index (χ3n) is 3.71. The highest BCUT2D eigenvalue weighted by Crippen LogP contribution is 2.29. The van der Waals surface area contributed by atoms with Crippen molar-refractivity contribution in [2.45, 2.75) is 46.6 Å². The van der Waals surface area contributed by atoms with E-state index in [1.807, 2.05) is 30.3 Å². The molecular weight excluding hydrogens is 336 g/mol. The first-order valence-corrected chi connectivity index (χ1v) is 9.37. The van der Waals surface area contributed by atoms with Crippen LogP contribution in [0.1, 0.15) is 54.0 Å². The van der Waals surface area contributed by atoms with Gasteiger partial charge in [0.1, 0.15) is 4.88 Å². The van der Waals surface area contributed by atoms with Gasteiger partial charge in [0.15, 0.2) is 5.13 Å². The van der Waals surface area contributed by atoms with Gasteiger partial charge in [-0.05, 0) is 25.8 Å². The van der Waals surface area contributed by atoms with Crippen molar-refractivity contribution in [3.8, 4) is 0 Å². The van der Waals surface area contributed by atoms with Crippen LogP contribution in [0.25, 0.3) is 0 Å². The van der Waals surface area contributed by atoms with E-state index in [9.17, 15) is 9.59 Å². The smallest absolute Gasteiger partial charge is 0.350 e. The number of thiazole rings is 1. The van der Waals surface area contributed by atoms with Gasteiger partial charge in [0.25, 0.3) is 0 Å². The third-order valence-corrected chi connectivity index (χ3v) is 4.87. The molecule has 25 heavy (non-hydrogen) atoms. The Balaban J connectivity index is 2.29. The SMILES string of the molecule is CCCCC(=O)N(Cc1ccccc1)c1nc(C)c(C(=O)OCC)s1. The van der Waals surface area contributed by atoms with Crippen LogP contribution < -0.4 is 4.90 Å². The van der Waals surface area contributed by atoms with Crippen LogP contribution in [0, 0.1) is 6.92 Å². The second-order valence-corrected chi connectivity index (χ2v) is 6.68. The predicted octanol–water partition coefficient (Wildman–Crippen LogP) is 4.35. The monoisotopic (exact) mass is 360 g/mol. The summed E-state index contributed by atoms with van der Waals surface area (Å²) in [6.07, 6.45) is 2.26. The molecule has 1 aromatic carbocycles. The number of benzene rings is 1. The molecule has 0 aliphatic heterocycles. The van der Waals surface area contributed by atoms with Gasteiger partial charge in [0, 0.05) is 6.42 Å². The first-order chi connectivity index (χ1) is 12.1. The van der Waals surface area contributed by atoms with E-state index < -0.39 is 0 Å². The number of anilines is 1. The number of carbonyl (C=O) groups is 2. The van der Waals surface area contributed by atoms with Crippen LogP contribution in [0.3, 0.4) is 0 Å². The summed E-state index contributed by atoms with van der Waals surface area (Å²) in [4.78, 5) is 31.3. The number of ether oxygens (including phenoxy) is 1. The van der Waals surface area contributed by atoms with Gasteiger partial charge in [-0.1, -0.05) is 55.0 Å². The second kappa shape index (κ2) is 9.32. The Morgan fingerprint density at radius 2 is 1.92 bits per heavy atom. The molecule has 0 aliphatic rings. The molecule has 1 amide bonds. The Morgan fingerprint density at radius 1 is 1.20 bits per heavy atom. The summed E-state index contributed by atoms with van der Waals surface area (Å²) in [5.41, 5.74) is 1.62. The predicted molar refractivity (Wildman–Crippen MR) is 100.0 cm³/mol. The average molecular weight is 360 g/mol. The summed E-state index contributed by atoms with van der Waals surface area (Å²) in [6.45, 7) is 6.35. The van der Waals surface area contributed by atoms with Crippen LogP contribution in [0.5, 0.6) is 0 Å². The van der Waals surface area contributed by atoms with Crippen molar-refractivity contribution in [2.75, 3.05) is 11.5 Å². The molecule has 1 aromatic heterocycles. The molecule has 0 saturated heterocycles. The second-order valence-electron chi connectivity index (χ2n) is 5.70. The van der Waals surface area contributed by atoms with Crippen LogP contribution >= 0.6 is 11.3 Å². The lowest BCUT2D eigenvalue weighted by atomic mass is 10.2. The maximum absolute atomic E-state index is 12.7. The molecule has 0 N–H and O–H groups in total. The third kappa shape index (κ3) is 5.13. The van der Waals surface area contributed by atoms with Crippen molar-refractivity contribution >= 4 is 28.3 Å². The zero-order valence-electron chi connectivity index (χ0n) is 14.9. The molecule has 5 nitrogen and oxygen atoms in total. The molecule has 2 aromatic rings. The Kier molecular flexibility index (Phi) is 7.13. The first kappa shape index (κ1) is 19.1. The van der Waals surface area contributed by atoms with Crippen molar-refractivity contribution in [3.05, 3.63) is 46.5 Å². The average Bonchev–Trinajstić information content (AvgIpc) is 3.00. The fourth-order valence-electron chi connectivity index (χ4n) is 2.38. The van der Waals surface area contributed by atoms with Crippen molar-refractivity contribution in [2.24, 2.45) is 0 Å². The number of esters is 1. The number of hydrogen-bond acceptors (Lipinski definition) is 5. The molecule has 0 atom stereocenters. The highest BCUT2D eigenvalue weighted by Gasteiger charge is 2.23. The van der Waals surface area contributed by atoms with Crippen LogP contribution in [-0.4, -0.2) is 23.5 Å². The van der Waals surface area contributed by atoms with Gasteiger partial charge >= 0.3 is 5.97 Å². The number of aromatic nitrogens is 1. The maximum Gasteiger partial charge on any atom is 0.350 e. The molecule has 0 fully saturated rings. The lowest BCUT2D eigenvalue weighted by Gasteiger charge is -2.20. The van der Waals surface area contributed by atoms with Crippen LogP contribution in [-0.2, 0) is 16.1 Å². The topological polar surface area (TPSA) is 59.5 Å². The van der Waals surface area contributed by atoms with Crippen molar-refractivity contribution in [3.63, 3.8) is 0 Å². The first-order valence-electron chi connectivity index (χ1n) is 8.55. The number of amides is 1. The summed E-state index contributed by atoms with van der Waals surface area (Å²) >= 11 is 1.22. The van der Waals surface area contributed by atoms with Crippen LogP contribution in [0.2, 0.25) is 0 Å². The van der Waals surface area contributed by atoms with Crippen LogP contribution in [0.4, 0.5) is 5.13 Å². The van der Waals surface area contributed by atoms with E-state index in [0.29, 0.717) is 35.3 Å². The molecule has 0 saturated carbocycles. The van der Waals surface area contributed by atoms with E-state index in [1.165, 1.54) is 11.3 Å². The van der Waals surface area contributed by atoms with Gasteiger partial charge in [-0.25, -0.2) is 9.78 Å². The highest BCUT2D eigenvalue weighted by atomic mass is 32.1.